The molecule has 20 heavy (non-hydrogen) atoms. The zero-order valence-corrected chi connectivity index (χ0v) is 10.4. The fourth-order valence-electron chi connectivity index (χ4n) is 1.44. The van der Waals surface area contributed by atoms with Gasteiger partial charge in [0, 0.05) is 12.1 Å². The van der Waals surface area contributed by atoms with Crippen molar-refractivity contribution in [2.75, 3.05) is 12.0 Å². The van der Waals surface area contributed by atoms with Crippen LogP contribution in [0.4, 0.5) is 14.5 Å². The van der Waals surface area contributed by atoms with Gasteiger partial charge in [-0.2, -0.15) is 15.6 Å². The van der Waals surface area contributed by atoms with Crippen LogP contribution in [0, 0.1) is 40.2 Å². The summed E-state index contributed by atoms with van der Waals surface area (Å²) < 4.78 is 32.5. The lowest BCUT2D eigenvalue weighted by Gasteiger charge is -2.09. The Morgan fingerprint density at radius 1 is 1.30 bits per heavy atom. The summed E-state index contributed by atoms with van der Waals surface area (Å²) in [5.41, 5.74) is 1.78. The molecule has 0 bridgehead atoms. The molecule has 0 heterocycles. The second kappa shape index (κ2) is 5.98. The molecular formula is C13H10F2N4O. The summed E-state index contributed by atoms with van der Waals surface area (Å²) in [4.78, 5) is 0. The molecule has 0 unspecified atom stereocenters. The maximum atomic E-state index is 13.7. The maximum Gasteiger partial charge on any atom is 0.237 e. The molecule has 1 aromatic carbocycles. The van der Waals surface area contributed by atoms with E-state index in [2.05, 4.69) is 10.5 Å². The van der Waals surface area contributed by atoms with E-state index in [0.717, 1.165) is 25.0 Å². The van der Waals surface area contributed by atoms with Crippen molar-refractivity contribution in [1.29, 1.82) is 10.5 Å². The largest absolute Gasteiger partial charge is 0.487 e. The topological polar surface area (TPSA) is 81.2 Å². The molecule has 2 rings (SSSR count). The van der Waals surface area contributed by atoms with Gasteiger partial charge in [-0.1, -0.05) is 0 Å². The van der Waals surface area contributed by atoms with E-state index in [-0.39, 0.29) is 5.69 Å². The molecule has 0 atom stereocenters. The fourth-order valence-corrected chi connectivity index (χ4v) is 1.44. The highest BCUT2D eigenvalue weighted by molar-refractivity contribution is 6.10. The molecule has 0 spiro atoms. The van der Waals surface area contributed by atoms with Gasteiger partial charge in [-0.15, -0.1) is 0 Å². The van der Waals surface area contributed by atoms with Gasteiger partial charge in [0.15, 0.2) is 17.4 Å². The molecule has 1 fully saturated rings. The lowest BCUT2D eigenvalue weighted by atomic mass is 10.3. The molecule has 1 saturated carbocycles. The highest BCUT2D eigenvalue weighted by Gasteiger charge is 2.23. The van der Waals surface area contributed by atoms with Gasteiger partial charge < -0.3 is 4.74 Å². The molecule has 0 saturated heterocycles. The van der Waals surface area contributed by atoms with Crippen LogP contribution in [0.25, 0.3) is 0 Å². The lowest BCUT2D eigenvalue weighted by Crippen LogP contribution is -2.04. The van der Waals surface area contributed by atoms with Crippen molar-refractivity contribution in [1.82, 2.24) is 0 Å². The first-order valence-electron chi connectivity index (χ1n) is 5.89. The van der Waals surface area contributed by atoms with Crippen LogP contribution in [0.2, 0.25) is 0 Å². The van der Waals surface area contributed by atoms with Crippen LogP contribution < -0.4 is 10.2 Å². The summed E-state index contributed by atoms with van der Waals surface area (Å²) >= 11 is 0. The van der Waals surface area contributed by atoms with Crippen molar-refractivity contribution >= 4 is 11.4 Å². The maximum absolute atomic E-state index is 13.7. The molecule has 5 nitrogen and oxygen atoms in total. The van der Waals surface area contributed by atoms with Gasteiger partial charge in [0.2, 0.25) is 5.71 Å². The van der Waals surface area contributed by atoms with Gasteiger partial charge in [-0.25, -0.2) is 8.78 Å². The van der Waals surface area contributed by atoms with E-state index in [9.17, 15) is 8.78 Å². The molecule has 0 aromatic heterocycles. The molecule has 1 aliphatic rings. The molecule has 1 N–H and O–H groups in total. The second-order valence-corrected chi connectivity index (χ2v) is 4.32. The number of nitrogens with zero attached hydrogens (tertiary/aromatic N) is 3. The van der Waals surface area contributed by atoms with E-state index in [1.165, 1.54) is 12.1 Å². The van der Waals surface area contributed by atoms with E-state index in [1.54, 1.807) is 0 Å². The normalized spacial score (nSPS) is 13.0. The van der Waals surface area contributed by atoms with Crippen LogP contribution in [0.3, 0.4) is 0 Å². The minimum absolute atomic E-state index is 0.0122. The predicted octanol–water partition coefficient (Wildman–Crippen LogP) is 2.57. The Hall–Kier alpha value is -2.67. The van der Waals surface area contributed by atoms with Crippen LogP contribution in [-0.4, -0.2) is 12.3 Å². The Morgan fingerprint density at radius 3 is 2.40 bits per heavy atom. The van der Waals surface area contributed by atoms with E-state index >= 15 is 0 Å². The van der Waals surface area contributed by atoms with Crippen LogP contribution >= 0.6 is 0 Å². The number of ether oxygens (including phenoxy) is 1. The van der Waals surface area contributed by atoms with Crippen molar-refractivity contribution < 1.29 is 13.5 Å². The molecule has 0 amide bonds. The van der Waals surface area contributed by atoms with Crippen molar-refractivity contribution in [2.45, 2.75) is 12.8 Å². The Labute approximate surface area is 114 Å². The summed E-state index contributed by atoms with van der Waals surface area (Å²) in [6.45, 7) is 0.297. The molecule has 1 aromatic rings. The Kier molecular flexibility index (Phi) is 4.11. The number of hydrogen-bond donors (Lipinski definition) is 1. The first-order chi connectivity index (χ1) is 9.63. The number of halogens is 2. The molecule has 0 radical (unpaired) electrons. The summed E-state index contributed by atoms with van der Waals surface area (Å²) in [6, 6.07) is 5.01. The Bertz CT molecular complexity index is 587. The third-order valence-corrected chi connectivity index (χ3v) is 2.67. The van der Waals surface area contributed by atoms with Gasteiger partial charge >= 0.3 is 0 Å². The second-order valence-electron chi connectivity index (χ2n) is 4.32. The summed E-state index contributed by atoms with van der Waals surface area (Å²) in [5, 5.41) is 20.3. The highest BCUT2D eigenvalue weighted by atomic mass is 19.1. The van der Waals surface area contributed by atoms with Crippen molar-refractivity contribution in [2.24, 2.45) is 11.0 Å². The molecule has 0 aliphatic heterocycles. The summed E-state index contributed by atoms with van der Waals surface area (Å²) in [5.74, 6) is -1.77. The summed E-state index contributed by atoms with van der Waals surface area (Å²) in [6.07, 6.45) is 2.03. The number of benzene rings is 1. The van der Waals surface area contributed by atoms with Crippen molar-refractivity contribution in [3.8, 4) is 17.9 Å². The van der Waals surface area contributed by atoms with Gasteiger partial charge in [-0.05, 0) is 18.8 Å². The molecular weight excluding hydrogens is 266 g/mol. The third-order valence-electron chi connectivity index (χ3n) is 2.67. The van der Waals surface area contributed by atoms with Gasteiger partial charge in [0.1, 0.15) is 12.1 Å². The zero-order chi connectivity index (χ0) is 14.5. The van der Waals surface area contributed by atoms with Gasteiger partial charge in [-0.3, -0.25) is 5.43 Å². The van der Waals surface area contributed by atoms with Gasteiger partial charge in [0.25, 0.3) is 0 Å². The standard InChI is InChI=1S/C13H10F2N4O/c14-11-3-9(18-19-10(5-16)6-17)4-12(15)13(11)20-7-8-1-2-8/h3-4,8,18H,1-2,7H2. The van der Waals surface area contributed by atoms with Crippen molar-refractivity contribution in [3.05, 3.63) is 23.8 Å². The average Bonchev–Trinajstić information content (AvgIpc) is 3.23. The van der Waals surface area contributed by atoms with E-state index in [4.69, 9.17) is 15.3 Å². The van der Waals surface area contributed by atoms with E-state index in [1.807, 2.05) is 0 Å². The van der Waals surface area contributed by atoms with Crippen LogP contribution in [0.15, 0.2) is 17.2 Å². The van der Waals surface area contributed by atoms with E-state index in [0.29, 0.717) is 12.5 Å². The van der Waals surface area contributed by atoms with E-state index < -0.39 is 23.1 Å². The Morgan fingerprint density at radius 2 is 1.90 bits per heavy atom. The Balaban J connectivity index is 2.11. The molecule has 1 aliphatic carbocycles. The van der Waals surface area contributed by atoms with Crippen LogP contribution in [-0.2, 0) is 0 Å². The smallest absolute Gasteiger partial charge is 0.237 e. The number of anilines is 1. The number of nitrogens with one attached hydrogen (secondary N) is 1. The first kappa shape index (κ1) is 13.8. The minimum atomic E-state index is -0.862. The highest BCUT2D eigenvalue weighted by Crippen LogP contribution is 2.32. The van der Waals surface area contributed by atoms with Crippen LogP contribution in [0.1, 0.15) is 12.8 Å². The zero-order valence-electron chi connectivity index (χ0n) is 10.4. The number of rotatable bonds is 5. The number of hydrogen-bond acceptors (Lipinski definition) is 5. The SMILES string of the molecule is N#CC(C#N)=NNc1cc(F)c(OCC2CC2)c(F)c1. The number of nitriles is 2. The number of hydrazone groups is 1. The predicted molar refractivity (Wildman–Crippen MR) is 66.9 cm³/mol. The minimum Gasteiger partial charge on any atom is -0.487 e. The first-order valence-corrected chi connectivity index (χ1v) is 5.89. The lowest BCUT2D eigenvalue weighted by molar-refractivity contribution is 0.270. The van der Waals surface area contributed by atoms with Gasteiger partial charge in [0.05, 0.1) is 12.3 Å². The monoisotopic (exact) mass is 276 g/mol. The fraction of sp³-hybridized carbons (Fsp3) is 0.308. The third kappa shape index (κ3) is 3.42. The quantitative estimate of drug-likeness (QED) is 0.662. The van der Waals surface area contributed by atoms with Crippen LogP contribution in [0.5, 0.6) is 5.75 Å². The average molecular weight is 276 g/mol. The molecule has 7 heteroatoms. The molecule has 102 valence electrons. The van der Waals surface area contributed by atoms with Crippen molar-refractivity contribution in [3.63, 3.8) is 0 Å². The summed E-state index contributed by atoms with van der Waals surface area (Å²) in [7, 11) is 0.